The molecule has 0 aliphatic heterocycles. The van der Waals surface area contributed by atoms with Crippen molar-refractivity contribution in [1.29, 1.82) is 0 Å². The Morgan fingerprint density at radius 1 is 1.00 bits per heavy atom. The van der Waals surface area contributed by atoms with E-state index < -0.39 is 0 Å². The third-order valence-corrected chi connectivity index (χ3v) is 3.46. The van der Waals surface area contributed by atoms with Crippen molar-refractivity contribution in [2.45, 2.75) is 12.5 Å². The number of carbonyl (C=O) groups excluding carboxylic acids is 2. The van der Waals surface area contributed by atoms with Gasteiger partial charge in [-0.2, -0.15) is 0 Å². The van der Waals surface area contributed by atoms with Gasteiger partial charge in [-0.1, -0.05) is 36.4 Å². The third-order valence-electron chi connectivity index (χ3n) is 3.46. The molecule has 6 nitrogen and oxygen atoms in total. The van der Waals surface area contributed by atoms with Crippen LogP contribution in [0.3, 0.4) is 0 Å². The predicted octanol–water partition coefficient (Wildman–Crippen LogP) is 0.817. The molecule has 1 aromatic heterocycles. The van der Waals surface area contributed by atoms with Gasteiger partial charge < -0.3 is 16.0 Å². The zero-order valence-electron chi connectivity index (χ0n) is 13.7. The molecule has 1 heterocycles. The van der Waals surface area contributed by atoms with Gasteiger partial charge in [-0.15, -0.1) is 0 Å². The number of rotatable bonds is 8. The van der Waals surface area contributed by atoms with Crippen molar-refractivity contribution < 1.29 is 9.59 Å². The quantitative estimate of drug-likeness (QED) is 0.671. The van der Waals surface area contributed by atoms with E-state index in [1.54, 1.807) is 13.2 Å². The summed E-state index contributed by atoms with van der Waals surface area (Å²) in [6.07, 6.45) is 2.32. The maximum atomic E-state index is 12.2. The normalized spacial score (nSPS) is 11.5. The molecule has 2 rings (SSSR count). The van der Waals surface area contributed by atoms with Crippen molar-refractivity contribution in [1.82, 2.24) is 20.9 Å². The minimum absolute atomic E-state index is 0.0495. The fourth-order valence-electron chi connectivity index (χ4n) is 2.31. The molecule has 0 bridgehead atoms. The Labute approximate surface area is 141 Å². The van der Waals surface area contributed by atoms with Crippen molar-refractivity contribution in [3.05, 3.63) is 66.0 Å². The van der Waals surface area contributed by atoms with Gasteiger partial charge in [0, 0.05) is 18.3 Å². The number of hydrogen-bond donors (Lipinski definition) is 3. The van der Waals surface area contributed by atoms with Crippen molar-refractivity contribution in [3.8, 4) is 0 Å². The van der Waals surface area contributed by atoms with Gasteiger partial charge in [0.25, 0.3) is 0 Å². The van der Waals surface area contributed by atoms with Crippen LogP contribution in [-0.2, 0) is 16.0 Å². The minimum atomic E-state index is -0.232. The molecule has 2 amide bonds. The highest BCUT2D eigenvalue weighted by Gasteiger charge is 2.16. The van der Waals surface area contributed by atoms with Crippen molar-refractivity contribution in [2.75, 3.05) is 20.1 Å². The van der Waals surface area contributed by atoms with E-state index in [0.717, 1.165) is 11.3 Å². The Balaban J connectivity index is 2.01. The summed E-state index contributed by atoms with van der Waals surface area (Å²) in [5.41, 5.74) is 1.89. The van der Waals surface area contributed by atoms with Gasteiger partial charge in [0.05, 0.1) is 19.1 Å². The lowest BCUT2D eigenvalue weighted by molar-refractivity contribution is -0.126. The molecular weight excluding hydrogens is 304 g/mol. The molecule has 3 N–H and O–H groups in total. The third kappa shape index (κ3) is 5.81. The molecule has 2 aromatic rings. The Morgan fingerprint density at radius 2 is 1.75 bits per heavy atom. The molecule has 1 aromatic carbocycles. The largest absolute Gasteiger partial charge is 0.347 e. The van der Waals surface area contributed by atoms with Gasteiger partial charge >= 0.3 is 0 Å². The SMILES string of the molecule is CNCC(=O)NCC(=O)NC(Cc1ccccn1)c1ccccc1. The number of pyridine rings is 1. The molecule has 126 valence electrons. The molecule has 0 aliphatic carbocycles. The summed E-state index contributed by atoms with van der Waals surface area (Å²) in [4.78, 5) is 27.9. The molecule has 0 saturated carbocycles. The first-order valence-electron chi connectivity index (χ1n) is 7.84. The van der Waals surface area contributed by atoms with E-state index in [1.165, 1.54) is 0 Å². The molecule has 1 atom stereocenters. The van der Waals surface area contributed by atoms with Gasteiger partial charge in [-0.25, -0.2) is 0 Å². The fourth-order valence-corrected chi connectivity index (χ4v) is 2.31. The molecule has 0 spiro atoms. The fraction of sp³-hybridized carbons (Fsp3) is 0.278. The zero-order chi connectivity index (χ0) is 17.2. The Hall–Kier alpha value is -2.73. The number of amides is 2. The van der Waals surface area contributed by atoms with E-state index in [-0.39, 0.29) is 30.9 Å². The number of nitrogens with zero attached hydrogens (tertiary/aromatic N) is 1. The lowest BCUT2D eigenvalue weighted by Crippen LogP contribution is -2.41. The van der Waals surface area contributed by atoms with Crippen LogP contribution in [0.4, 0.5) is 0 Å². The van der Waals surface area contributed by atoms with Crippen LogP contribution in [0.25, 0.3) is 0 Å². The van der Waals surface area contributed by atoms with Gasteiger partial charge in [0.15, 0.2) is 0 Å². The monoisotopic (exact) mass is 326 g/mol. The van der Waals surface area contributed by atoms with Gasteiger partial charge in [-0.3, -0.25) is 14.6 Å². The number of nitrogens with one attached hydrogen (secondary N) is 3. The van der Waals surface area contributed by atoms with E-state index in [9.17, 15) is 9.59 Å². The van der Waals surface area contributed by atoms with Crippen LogP contribution in [0.15, 0.2) is 54.7 Å². The Morgan fingerprint density at radius 3 is 2.42 bits per heavy atom. The summed E-state index contributed by atoms with van der Waals surface area (Å²) in [5.74, 6) is -0.446. The average molecular weight is 326 g/mol. The molecular formula is C18H22N4O2. The summed E-state index contributed by atoms with van der Waals surface area (Å²) in [7, 11) is 1.68. The summed E-state index contributed by atoms with van der Waals surface area (Å²) >= 11 is 0. The first-order chi connectivity index (χ1) is 11.7. The number of aromatic nitrogens is 1. The lowest BCUT2D eigenvalue weighted by Gasteiger charge is -2.19. The topological polar surface area (TPSA) is 83.1 Å². The molecule has 1 unspecified atom stereocenters. The van der Waals surface area contributed by atoms with Crippen molar-refractivity contribution in [3.63, 3.8) is 0 Å². The number of hydrogen-bond acceptors (Lipinski definition) is 4. The summed E-state index contributed by atoms with van der Waals surface area (Å²) < 4.78 is 0. The Bertz CT molecular complexity index is 647. The van der Waals surface area contributed by atoms with E-state index >= 15 is 0 Å². The van der Waals surface area contributed by atoms with Crippen LogP contribution in [0, 0.1) is 0 Å². The van der Waals surface area contributed by atoms with Crippen molar-refractivity contribution in [2.24, 2.45) is 0 Å². The van der Waals surface area contributed by atoms with Crippen LogP contribution in [0.5, 0.6) is 0 Å². The molecule has 0 fully saturated rings. The number of benzene rings is 1. The van der Waals surface area contributed by atoms with Crippen LogP contribution in [-0.4, -0.2) is 36.9 Å². The second-order valence-electron chi connectivity index (χ2n) is 5.36. The van der Waals surface area contributed by atoms with E-state index in [1.807, 2.05) is 48.5 Å². The lowest BCUT2D eigenvalue weighted by atomic mass is 10.0. The standard InChI is InChI=1S/C18H22N4O2/c1-19-12-17(23)21-13-18(24)22-16(14-7-3-2-4-8-14)11-15-9-5-6-10-20-15/h2-10,16,19H,11-13H2,1H3,(H,21,23)(H,22,24). The molecule has 0 saturated heterocycles. The summed E-state index contributed by atoms with van der Waals surface area (Å²) in [5, 5.41) is 8.28. The zero-order valence-corrected chi connectivity index (χ0v) is 13.7. The van der Waals surface area contributed by atoms with Crippen molar-refractivity contribution >= 4 is 11.8 Å². The summed E-state index contributed by atoms with van der Waals surface area (Å²) in [6, 6.07) is 15.2. The van der Waals surface area contributed by atoms with Crippen LogP contribution >= 0.6 is 0 Å². The highest BCUT2D eigenvalue weighted by molar-refractivity contribution is 5.85. The maximum absolute atomic E-state index is 12.2. The van der Waals surface area contributed by atoms with E-state index in [0.29, 0.717) is 6.42 Å². The minimum Gasteiger partial charge on any atom is -0.347 e. The van der Waals surface area contributed by atoms with E-state index in [4.69, 9.17) is 0 Å². The smallest absolute Gasteiger partial charge is 0.239 e. The van der Waals surface area contributed by atoms with E-state index in [2.05, 4.69) is 20.9 Å². The van der Waals surface area contributed by atoms with Gasteiger partial charge in [0.1, 0.15) is 0 Å². The van der Waals surface area contributed by atoms with Gasteiger partial charge in [0.2, 0.25) is 11.8 Å². The summed E-state index contributed by atoms with van der Waals surface area (Å²) in [6.45, 7) is 0.134. The molecule has 24 heavy (non-hydrogen) atoms. The molecule has 6 heteroatoms. The second kappa shape index (κ2) is 9.42. The predicted molar refractivity (Wildman–Crippen MR) is 92.2 cm³/mol. The number of likely N-dealkylation sites (N-methyl/N-ethyl adjacent to an activating group) is 1. The first kappa shape index (κ1) is 17.6. The molecule has 0 aliphatic rings. The van der Waals surface area contributed by atoms with Crippen LogP contribution < -0.4 is 16.0 Å². The maximum Gasteiger partial charge on any atom is 0.239 e. The molecule has 0 radical (unpaired) electrons. The Kier molecular flexibility index (Phi) is 6.91. The average Bonchev–Trinajstić information content (AvgIpc) is 2.61. The second-order valence-corrected chi connectivity index (χ2v) is 5.36. The number of carbonyl (C=O) groups is 2. The first-order valence-corrected chi connectivity index (χ1v) is 7.84. The highest BCUT2D eigenvalue weighted by atomic mass is 16.2. The highest BCUT2D eigenvalue weighted by Crippen LogP contribution is 2.17. The van der Waals surface area contributed by atoms with Gasteiger partial charge in [-0.05, 0) is 24.7 Å². The van der Waals surface area contributed by atoms with Crippen LogP contribution in [0.1, 0.15) is 17.3 Å². The van der Waals surface area contributed by atoms with Crippen LogP contribution in [0.2, 0.25) is 0 Å².